The second kappa shape index (κ2) is 9.33. The van der Waals surface area contributed by atoms with Crippen LogP contribution in [0.5, 0.6) is 5.75 Å². The van der Waals surface area contributed by atoms with Crippen LogP contribution in [0.2, 0.25) is 0 Å². The predicted octanol–water partition coefficient (Wildman–Crippen LogP) is 3.16. The molecule has 0 aliphatic heterocycles. The third kappa shape index (κ3) is 5.29. The zero-order chi connectivity index (χ0) is 18.2. The molecule has 0 aliphatic rings. The van der Waals surface area contributed by atoms with Crippen LogP contribution in [0, 0.1) is 0 Å². The van der Waals surface area contributed by atoms with Gasteiger partial charge < -0.3 is 19.0 Å². The summed E-state index contributed by atoms with van der Waals surface area (Å²) in [6.07, 6.45) is 0.820. The van der Waals surface area contributed by atoms with Gasteiger partial charge in [-0.05, 0) is 43.3 Å². The van der Waals surface area contributed by atoms with Crippen molar-refractivity contribution in [1.29, 1.82) is 0 Å². The summed E-state index contributed by atoms with van der Waals surface area (Å²) >= 11 is 1.44. The summed E-state index contributed by atoms with van der Waals surface area (Å²) < 4.78 is 16.1. The van der Waals surface area contributed by atoms with Gasteiger partial charge in [0, 0.05) is 24.1 Å². The van der Waals surface area contributed by atoms with E-state index in [9.17, 15) is 5.11 Å². The van der Waals surface area contributed by atoms with E-state index in [-0.39, 0.29) is 6.61 Å². The average molecular weight is 373 g/mol. The van der Waals surface area contributed by atoms with E-state index in [1.165, 1.54) is 11.8 Å². The first-order chi connectivity index (χ1) is 12.7. The number of benzene rings is 1. The largest absolute Gasteiger partial charge is 0.488 e. The number of ether oxygens (including phenoxy) is 2. The maximum absolute atomic E-state index is 9.49. The summed E-state index contributed by atoms with van der Waals surface area (Å²) in [7, 11) is 0. The Bertz CT molecular complexity index is 796. The first-order valence-electron chi connectivity index (χ1n) is 8.13. The van der Waals surface area contributed by atoms with Gasteiger partial charge in [-0.3, -0.25) is 4.98 Å². The van der Waals surface area contributed by atoms with E-state index in [0.717, 1.165) is 11.3 Å². The highest BCUT2D eigenvalue weighted by Crippen LogP contribution is 2.26. The lowest BCUT2D eigenvalue weighted by molar-refractivity contribution is -0.115. The Morgan fingerprint density at radius 3 is 2.73 bits per heavy atom. The van der Waals surface area contributed by atoms with Crippen LogP contribution in [-0.2, 0) is 10.5 Å². The molecule has 1 atom stereocenters. The summed E-state index contributed by atoms with van der Waals surface area (Å²) in [6, 6.07) is 13.0. The number of aliphatic hydroxyl groups excluding tert-OH is 1. The smallest absolute Gasteiger partial charge is 0.277 e. The van der Waals surface area contributed by atoms with E-state index in [4.69, 9.17) is 13.9 Å². The minimum atomic E-state index is -0.936. The molecule has 0 aliphatic carbocycles. The van der Waals surface area contributed by atoms with E-state index in [2.05, 4.69) is 15.2 Å². The Kier molecular flexibility index (Phi) is 6.59. The second-order valence-electron chi connectivity index (χ2n) is 5.23. The molecular weight excluding hydrogens is 354 g/mol. The predicted molar refractivity (Wildman–Crippen MR) is 96.7 cm³/mol. The van der Waals surface area contributed by atoms with Crippen molar-refractivity contribution in [2.45, 2.75) is 24.2 Å². The molecule has 0 radical (unpaired) electrons. The summed E-state index contributed by atoms with van der Waals surface area (Å²) in [6.45, 7) is 2.31. The fourth-order valence-electron chi connectivity index (χ4n) is 2.11. The maximum Gasteiger partial charge on any atom is 0.277 e. The summed E-state index contributed by atoms with van der Waals surface area (Å²) in [5.74, 6) is 1.73. The van der Waals surface area contributed by atoms with Crippen molar-refractivity contribution in [3.05, 3.63) is 54.4 Å². The molecule has 1 unspecified atom stereocenters. The Hall–Kier alpha value is -2.42. The van der Waals surface area contributed by atoms with E-state index < -0.39 is 6.29 Å². The van der Waals surface area contributed by atoms with Gasteiger partial charge in [0.25, 0.3) is 5.22 Å². The molecule has 3 aromatic rings. The van der Waals surface area contributed by atoms with Crippen LogP contribution in [-0.4, -0.2) is 39.8 Å². The average Bonchev–Trinajstić information content (AvgIpc) is 3.15. The highest BCUT2D eigenvalue weighted by molar-refractivity contribution is 7.98. The topological polar surface area (TPSA) is 90.5 Å². The van der Waals surface area contributed by atoms with E-state index in [1.807, 2.05) is 37.3 Å². The van der Waals surface area contributed by atoms with Gasteiger partial charge in [0.2, 0.25) is 5.89 Å². The molecule has 7 nitrogen and oxygen atoms in total. The minimum Gasteiger partial charge on any atom is -0.488 e. The van der Waals surface area contributed by atoms with E-state index in [0.29, 0.717) is 29.2 Å². The number of pyridine rings is 1. The SMILES string of the molecule is CCOC(O)COc1ccc(-c2nnc(SCc3ccccn3)o2)cc1. The Balaban J connectivity index is 1.55. The fourth-order valence-corrected chi connectivity index (χ4v) is 2.78. The van der Waals surface area contributed by atoms with Crippen molar-refractivity contribution in [2.75, 3.05) is 13.2 Å². The van der Waals surface area contributed by atoms with Crippen LogP contribution in [0.3, 0.4) is 0 Å². The lowest BCUT2D eigenvalue weighted by atomic mass is 10.2. The fraction of sp³-hybridized carbons (Fsp3) is 0.278. The zero-order valence-corrected chi connectivity index (χ0v) is 15.1. The lowest BCUT2D eigenvalue weighted by Gasteiger charge is -2.11. The summed E-state index contributed by atoms with van der Waals surface area (Å²) in [5.41, 5.74) is 1.74. The molecule has 26 heavy (non-hydrogen) atoms. The highest BCUT2D eigenvalue weighted by Gasteiger charge is 2.10. The first-order valence-corrected chi connectivity index (χ1v) is 9.12. The third-order valence-corrected chi connectivity index (χ3v) is 4.18. The van der Waals surface area contributed by atoms with Crippen molar-refractivity contribution in [3.63, 3.8) is 0 Å². The first kappa shape index (κ1) is 18.4. The van der Waals surface area contributed by atoms with Gasteiger partial charge in [0.15, 0.2) is 6.29 Å². The number of hydrogen-bond donors (Lipinski definition) is 1. The molecule has 0 saturated heterocycles. The minimum absolute atomic E-state index is 0.0715. The Labute approximate surface area is 155 Å². The number of hydrogen-bond acceptors (Lipinski definition) is 8. The van der Waals surface area contributed by atoms with Crippen LogP contribution < -0.4 is 4.74 Å². The molecule has 0 fully saturated rings. The van der Waals surface area contributed by atoms with Crippen molar-refractivity contribution in [3.8, 4) is 17.2 Å². The molecule has 0 saturated carbocycles. The van der Waals surface area contributed by atoms with Gasteiger partial charge in [-0.2, -0.15) is 0 Å². The molecule has 0 bridgehead atoms. The molecule has 136 valence electrons. The van der Waals surface area contributed by atoms with Crippen LogP contribution in [0.15, 0.2) is 58.3 Å². The molecule has 1 aromatic carbocycles. The number of nitrogens with zero attached hydrogens (tertiary/aromatic N) is 3. The molecule has 8 heteroatoms. The van der Waals surface area contributed by atoms with E-state index in [1.54, 1.807) is 18.3 Å². The quantitative estimate of drug-likeness (QED) is 0.452. The monoisotopic (exact) mass is 373 g/mol. The summed E-state index contributed by atoms with van der Waals surface area (Å²) in [4.78, 5) is 4.26. The van der Waals surface area contributed by atoms with Gasteiger partial charge in [-0.15, -0.1) is 10.2 Å². The molecule has 0 spiro atoms. The van der Waals surface area contributed by atoms with Crippen LogP contribution in [0.1, 0.15) is 12.6 Å². The summed E-state index contributed by atoms with van der Waals surface area (Å²) in [5, 5.41) is 18.1. The van der Waals surface area contributed by atoms with E-state index >= 15 is 0 Å². The molecule has 2 aromatic heterocycles. The van der Waals surface area contributed by atoms with Crippen LogP contribution in [0.25, 0.3) is 11.5 Å². The Morgan fingerprint density at radius 2 is 2.00 bits per heavy atom. The second-order valence-corrected chi connectivity index (χ2v) is 6.15. The van der Waals surface area contributed by atoms with Crippen molar-refractivity contribution in [2.24, 2.45) is 0 Å². The molecular formula is C18H19N3O4S. The lowest BCUT2D eigenvalue weighted by Crippen LogP contribution is -2.20. The maximum atomic E-state index is 9.49. The number of aliphatic hydroxyl groups is 1. The number of rotatable bonds is 9. The van der Waals surface area contributed by atoms with Crippen molar-refractivity contribution in [1.82, 2.24) is 15.2 Å². The zero-order valence-electron chi connectivity index (χ0n) is 14.2. The van der Waals surface area contributed by atoms with Gasteiger partial charge in [-0.25, -0.2) is 0 Å². The third-order valence-electron chi connectivity index (χ3n) is 3.33. The highest BCUT2D eigenvalue weighted by atomic mass is 32.2. The van der Waals surface area contributed by atoms with Crippen LogP contribution in [0.4, 0.5) is 0 Å². The van der Waals surface area contributed by atoms with Crippen molar-refractivity contribution >= 4 is 11.8 Å². The van der Waals surface area contributed by atoms with Crippen LogP contribution >= 0.6 is 11.8 Å². The van der Waals surface area contributed by atoms with Gasteiger partial charge in [0.05, 0.1) is 5.69 Å². The molecule has 2 heterocycles. The molecule has 0 amide bonds. The molecule has 1 N–H and O–H groups in total. The van der Waals surface area contributed by atoms with Crippen molar-refractivity contribution < 1.29 is 19.0 Å². The Morgan fingerprint density at radius 1 is 1.15 bits per heavy atom. The molecule has 3 rings (SSSR count). The number of thioether (sulfide) groups is 1. The van der Waals surface area contributed by atoms with Gasteiger partial charge in [0.1, 0.15) is 12.4 Å². The normalized spacial score (nSPS) is 12.1. The van der Waals surface area contributed by atoms with Gasteiger partial charge >= 0.3 is 0 Å². The standard InChI is InChI=1S/C18H19N3O4S/c1-2-23-16(22)11-24-15-8-6-13(7-9-15)17-20-21-18(25-17)26-12-14-5-3-4-10-19-14/h3-10,16,22H,2,11-12H2,1H3. The van der Waals surface area contributed by atoms with Gasteiger partial charge in [-0.1, -0.05) is 17.8 Å². The number of aromatic nitrogens is 3.